The smallest absolute Gasteiger partial charge is 0.182 e. The summed E-state index contributed by atoms with van der Waals surface area (Å²) >= 11 is 5.89. The van der Waals surface area contributed by atoms with E-state index in [1.165, 1.54) is 6.33 Å². The lowest BCUT2D eigenvalue weighted by atomic mass is 10.5. The quantitative estimate of drug-likeness (QED) is 0.540. The SMILES string of the molecule is C=CCn1cnc2ncnc(Cl)c21. The number of rotatable bonds is 2. The first kappa shape index (κ1) is 8.19. The Morgan fingerprint density at radius 3 is 3.08 bits per heavy atom. The van der Waals surface area contributed by atoms with Gasteiger partial charge in [0.1, 0.15) is 11.8 Å². The van der Waals surface area contributed by atoms with E-state index in [0.717, 1.165) is 5.52 Å². The van der Waals surface area contributed by atoms with E-state index in [0.29, 0.717) is 17.3 Å². The van der Waals surface area contributed by atoms with Crippen molar-refractivity contribution in [1.29, 1.82) is 0 Å². The molecule has 2 rings (SSSR count). The predicted molar refractivity (Wildman–Crippen MR) is 50.5 cm³/mol. The van der Waals surface area contributed by atoms with Gasteiger partial charge in [-0.2, -0.15) is 0 Å². The summed E-state index contributed by atoms with van der Waals surface area (Å²) in [6.07, 6.45) is 4.84. The molecule has 0 aliphatic carbocycles. The van der Waals surface area contributed by atoms with Gasteiger partial charge in [-0.3, -0.25) is 0 Å². The number of allylic oxidation sites excluding steroid dienone is 1. The van der Waals surface area contributed by atoms with Crippen LogP contribution in [0.15, 0.2) is 25.3 Å². The van der Waals surface area contributed by atoms with Crippen molar-refractivity contribution < 1.29 is 0 Å². The number of hydrogen-bond acceptors (Lipinski definition) is 3. The number of fused-ring (bicyclic) bond motifs is 1. The second-order valence-corrected chi connectivity index (χ2v) is 2.88. The maximum Gasteiger partial charge on any atom is 0.182 e. The third-order valence-corrected chi connectivity index (χ3v) is 1.97. The van der Waals surface area contributed by atoms with E-state index in [1.807, 2.05) is 4.57 Å². The maximum absolute atomic E-state index is 5.89. The van der Waals surface area contributed by atoms with Crippen LogP contribution in [0.3, 0.4) is 0 Å². The molecule has 0 fully saturated rings. The summed E-state index contributed by atoms with van der Waals surface area (Å²) in [6.45, 7) is 4.30. The fraction of sp³-hybridized carbons (Fsp3) is 0.125. The molecule has 0 radical (unpaired) electrons. The first-order valence-corrected chi connectivity index (χ1v) is 4.13. The molecule has 4 nitrogen and oxygen atoms in total. The van der Waals surface area contributed by atoms with Gasteiger partial charge in [-0.15, -0.1) is 6.58 Å². The van der Waals surface area contributed by atoms with Crippen LogP contribution in [0.4, 0.5) is 0 Å². The molecular weight excluding hydrogens is 188 g/mol. The van der Waals surface area contributed by atoms with E-state index in [9.17, 15) is 0 Å². The minimum absolute atomic E-state index is 0.421. The number of imidazole rings is 1. The Balaban J connectivity index is 2.70. The lowest BCUT2D eigenvalue weighted by Crippen LogP contribution is -1.94. The Labute approximate surface area is 79.9 Å². The molecule has 0 spiro atoms. The maximum atomic E-state index is 5.89. The van der Waals surface area contributed by atoms with Crippen LogP contribution < -0.4 is 0 Å². The normalized spacial score (nSPS) is 10.5. The van der Waals surface area contributed by atoms with E-state index in [4.69, 9.17) is 11.6 Å². The molecule has 13 heavy (non-hydrogen) atoms. The summed E-state index contributed by atoms with van der Waals surface area (Å²) in [5.41, 5.74) is 1.37. The minimum atomic E-state index is 0.421. The Hall–Kier alpha value is -1.42. The van der Waals surface area contributed by atoms with Gasteiger partial charge >= 0.3 is 0 Å². The van der Waals surface area contributed by atoms with E-state index in [1.54, 1.807) is 12.4 Å². The van der Waals surface area contributed by atoms with Gasteiger partial charge in [-0.25, -0.2) is 15.0 Å². The minimum Gasteiger partial charge on any atom is -0.323 e. The summed E-state index contributed by atoms with van der Waals surface area (Å²) in [7, 11) is 0. The molecule has 0 bridgehead atoms. The molecule has 2 heterocycles. The van der Waals surface area contributed by atoms with Crippen molar-refractivity contribution >= 4 is 22.8 Å². The fourth-order valence-electron chi connectivity index (χ4n) is 1.15. The summed E-state index contributed by atoms with van der Waals surface area (Å²) in [5, 5.41) is 0.421. The van der Waals surface area contributed by atoms with Gasteiger partial charge in [0.2, 0.25) is 0 Å². The Bertz CT molecular complexity index is 448. The number of nitrogens with zero attached hydrogens (tertiary/aromatic N) is 4. The summed E-state index contributed by atoms with van der Waals surface area (Å²) in [6, 6.07) is 0. The number of halogens is 1. The summed E-state index contributed by atoms with van der Waals surface area (Å²) in [4.78, 5) is 11.9. The molecule has 0 N–H and O–H groups in total. The van der Waals surface area contributed by atoms with Gasteiger partial charge in [-0.05, 0) is 0 Å². The Kier molecular flexibility index (Phi) is 1.98. The van der Waals surface area contributed by atoms with E-state index in [2.05, 4.69) is 21.5 Å². The lowest BCUT2D eigenvalue weighted by molar-refractivity contribution is 0.849. The third kappa shape index (κ3) is 1.29. The molecule has 0 aliphatic rings. The Morgan fingerprint density at radius 2 is 2.31 bits per heavy atom. The Morgan fingerprint density at radius 1 is 1.46 bits per heavy atom. The molecule has 0 unspecified atom stereocenters. The summed E-state index contributed by atoms with van der Waals surface area (Å²) < 4.78 is 1.85. The first-order valence-electron chi connectivity index (χ1n) is 3.75. The zero-order valence-corrected chi connectivity index (χ0v) is 7.57. The largest absolute Gasteiger partial charge is 0.323 e. The zero-order chi connectivity index (χ0) is 9.26. The highest BCUT2D eigenvalue weighted by atomic mass is 35.5. The highest BCUT2D eigenvalue weighted by Gasteiger charge is 2.06. The molecule has 66 valence electrons. The molecule has 0 saturated heterocycles. The van der Waals surface area contributed by atoms with Crippen LogP contribution in [0.2, 0.25) is 5.15 Å². The van der Waals surface area contributed by atoms with Gasteiger partial charge in [0, 0.05) is 6.54 Å². The second-order valence-electron chi connectivity index (χ2n) is 2.52. The van der Waals surface area contributed by atoms with Crippen molar-refractivity contribution in [2.45, 2.75) is 6.54 Å². The summed E-state index contributed by atoms with van der Waals surface area (Å²) in [5.74, 6) is 0. The van der Waals surface area contributed by atoms with Crippen LogP contribution in [-0.4, -0.2) is 19.5 Å². The molecule has 5 heteroatoms. The molecule has 0 aromatic carbocycles. The van der Waals surface area contributed by atoms with Gasteiger partial charge in [0.05, 0.1) is 6.33 Å². The molecule has 2 aromatic rings. The molecule has 0 amide bonds. The average Bonchev–Trinajstić information content (AvgIpc) is 2.51. The zero-order valence-electron chi connectivity index (χ0n) is 6.81. The van der Waals surface area contributed by atoms with Gasteiger partial charge in [0.15, 0.2) is 10.8 Å². The van der Waals surface area contributed by atoms with E-state index >= 15 is 0 Å². The average molecular weight is 195 g/mol. The topological polar surface area (TPSA) is 43.6 Å². The standard InChI is InChI=1S/C8H7ClN4/c1-2-3-13-5-12-8-6(13)7(9)10-4-11-8/h2,4-5H,1,3H2. The molecule has 0 atom stereocenters. The van der Waals surface area contributed by atoms with Crippen LogP contribution in [0.1, 0.15) is 0 Å². The van der Waals surface area contributed by atoms with Crippen molar-refractivity contribution in [1.82, 2.24) is 19.5 Å². The molecule has 0 aliphatic heterocycles. The first-order chi connectivity index (χ1) is 6.33. The molecule has 0 saturated carbocycles. The van der Waals surface area contributed by atoms with Crippen LogP contribution in [0, 0.1) is 0 Å². The van der Waals surface area contributed by atoms with Crippen molar-refractivity contribution in [3.8, 4) is 0 Å². The lowest BCUT2D eigenvalue weighted by Gasteiger charge is -1.98. The highest BCUT2D eigenvalue weighted by Crippen LogP contribution is 2.17. The number of hydrogen-bond donors (Lipinski definition) is 0. The predicted octanol–water partition coefficient (Wildman–Crippen LogP) is 1.67. The van der Waals surface area contributed by atoms with Crippen LogP contribution >= 0.6 is 11.6 Å². The van der Waals surface area contributed by atoms with E-state index < -0.39 is 0 Å². The fourth-order valence-corrected chi connectivity index (χ4v) is 1.39. The van der Waals surface area contributed by atoms with Gasteiger partial charge in [-0.1, -0.05) is 17.7 Å². The molecule has 2 aromatic heterocycles. The second kappa shape index (κ2) is 3.14. The van der Waals surface area contributed by atoms with Crippen LogP contribution in [-0.2, 0) is 6.54 Å². The van der Waals surface area contributed by atoms with Crippen molar-refractivity contribution in [2.75, 3.05) is 0 Å². The number of aromatic nitrogens is 4. The monoisotopic (exact) mass is 194 g/mol. The van der Waals surface area contributed by atoms with Crippen molar-refractivity contribution in [3.05, 3.63) is 30.5 Å². The van der Waals surface area contributed by atoms with Crippen molar-refractivity contribution in [2.24, 2.45) is 0 Å². The van der Waals surface area contributed by atoms with Gasteiger partial charge < -0.3 is 4.57 Å². The van der Waals surface area contributed by atoms with Crippen LogP contribution in [0.5, 0.6) is 0 Å². The van der Waals surface area contributed by atoms with Crippen LogP contribution in [0.25, 0.3) is 11.2 Å². The highest BCUT2D eigenvalue weighted by molar-refractivity contribution is 6.33. The van der Waals surface area contributed by atoms with Crippen molar-refractivity contribution in [3.63, 3.8) is 0 Å². The van der Waals surface area contributed by atoms with Gasteiger partial charge in [0.25, 0.3) is 0 Å². The van der Waals surface area contributed by atoms with E-state index in [-0.39, 0.29) is 0 Å². The molecular formula is C8H7ClN4. The third-order valence-electron chi connectivity index (χ3n) is 1.69.